The van der Waals surface area contributed by atoms with E-state index in [1.807, 2.05) is 56.3 Å². The van der Waals surface area contributed by atoms with E-state index in [2.05, 4.69) is 5.32 Å². The second kappa shape index (κ2) is 7.15. The van der Waals surface area contributed by atoms with Crippen molar-refractivity contribution >= 4 is 18.1 Å². The minimum atomic E-state index is -0.136. The second-order valence-corrected chi connectivity index (χ2v) is 4.73. The third-order valence-electron chi connectivity index (χ3n) is 2.96. The van der Waals surface area contributed by atoms with Crippen molar-refractivity contribution in [2.75, 3.05) is 5.32 Å². The van der Waals surface area contributed by atoms with Gasteiger partial charge in [0, 0.05) is 12.2 Å². The lowest BCUT2D eigenvalue weighted by molar-refractivity contribution is 0.599. The maximum Gasteiger partial charge on any atom is 0.128 e. The van der Waals surface area contributed by atoms with Crippen molar-refractivity contribution in [3.63, 3.8) is 0 Å². The summed E-state index contributed by atoms with van der Waals surface area (Å²) in [6, 6.07) is 15.4. The molecule has 2 aromatic carbocycles. The number of hydrogen-bond donors (Lipinski definition) is 1. The van der Waals surface area contributed by atoms with Crippen LogP contribution < -0.4 is 5.32 Å². The van der Waals surface area contributed by atoms with Crippen LogP contribution in [0, 0.1) is 5.82 Å². The van der Waals surface area contributed by atoms with Gasteiger partial charge >= 0.3 is 0 Å². The Labute approximate surface area is 120 Å². The van der Waals surface area contributed by atoms with E-state index in [0.717, 1.165) is 11.3 Å². The highest BCUT2D eigenvalue weighted by Gasteiger charge is 2.06. The average molecular weight is 280 g/mol. The molecule has 1 N–H and O–H groups in total. The molecule has 0 saturated heterocycles. The molecule has 0 aliphatic rings. The van der Waals surface area contributed by atoms with Crippen LogP contribution in [0.2, 0.25) is 0 Å². The van der Waals surface area contributed by atoms with Gasteiger partial charge in [-0.1, -0.05) is 50.2 Å². The summed E-state index contributed by atoms with van der Waals surface area (Å²) in [6.07, 6.45) is 0. The highest BCUT2D eigenvalue weighted by Crippen LogP contribution is 2.21. The molecule has 0 radical (unpaired) electrons. The van der Waals surface area contributed by atoms with Gasteiger partial charge < -0.3 is 5.32 Å². The summed E-state index contributed by atoms with van der Waals surface area (Å²) in [5.41, 5.74) is 2.77. The second-order valence-electron chi connectivity index (χ2n) is 4.73. The highest BCUT2D eigenvalue weighted by molar-refractivity contribution is 5.85. The van der Waals surface area contributed by atoms with Crippen LogP contribution in [0.4, 0.5) is 10.1 Å². The molecule has 0 bridgehead atoms. The monoisotopic (exact) mass is 279 g/mol. The average Bonchev–Trinajstić information content (AvgIpc) is 2.37. The van der Waals surface area contributed by atoms with Gasteiger partial charge in [0.05, 0.1) is 0 Å². The first-order chi connectivity index (χ1) is 8.66. The Morgan fingerprint density at radius 1 is 1.05 bits per heavy atom. The van der Waals surface area contributed by atoms with Crippen LogP contribution in [0.25, 0.3) is 0 Å². The number of nitrogens with one attached hydrogen (secondary N) is 1. The number of rotatable bonds is 4. The molecule has 1 nitrogen and oxygen atoms in total. The third-order valence-corrected chi connectivity index (χ3v) is 2.96. The van der Waals surface area contributed by atoms with Gasteiger partial charge in [0.25, 0.3) is 0 Å². The van der Waals surface area contributed by atoms with Crippen LogP contribution in [0.15, 0.2) is 48.5 Å². The summed E-state index contributed by atoms with van der Waals surface area (Å²) in [6.45, 7) is 4.70. The molecule has 0 aliphatic heterocycles. The van der Waals surface area contributed by atoms with Crippen LogP contribution in [0.3, 0.4) is 0 Å². The van der Waals surface area contributed by atoms with Crippen molar-refractivity contribution in [1.82, 2.24) is 0 Å². The Morgan fingerprint density at radius 3 is 2.32 bits per heavy atom. The fraction of sp³-hybridized carbons (Fsp3) is 0.250. The minimum Gasteiger partial charge on any atom is -0.381 e. The topological polar surface area (TPSA) is 12.0 Å². The Morgan fingerprint density at radius 2 is 1.74 bits per heavy atom. The normalized spacial score (nSPS) is 10.1. The Bertz CT molecular complexity index is 511. The molecular weight excluding hydrogens is 261 g/mol. The molecule has 0 atom stereocenters. The molecule has 0 spiro atoms. The third kappa shape index (κ3) is 4.25. The molecule has 0 fully saturated rings. The zero-order valence-corrected chi connectivity index (χ0v) is 12.0. The molecule has 0 saturated carbocycles. The first-order valence-electron chi connectivity index (χ1n) is 6.24. The summed E-state index contributed by atoms with van der Waals surface area (Å²) in [7, 11) is 0. The van der Waals surface area contributed by atoms with E-state index < -0.39 is 0 Å². The van der Waals surface area contributed by atoms with Crippen molar-refractivity contribution in [3.05, 3.63) is 65.5 Å². The van der Waals surface area contributed by atoms with Gasteiger partial charge in [-0.05, 0) is 29.2 Å². The fourth-order valence-corrected chi connectivity index (χ4v) is 1.91. The standard InChI is InChI=1S/C16H18FN.ClH/c1-12(2)15-9-8-14(10-16(15)17)18-11-13-6-4-3-5-7-13;/h3-10,12,18H,11H2,1-2H3;1H. The first-order valence-corrected chi connectivity index (χ1v) is 6.24. The van der Waals surface area contributed by atoms with Gasteiger partial charge in [0.15, 0.2) is 0 Å². The smallest absolute Gasteiger partial charge is 0.128 e. The minimum absolute atomic E-state index is 0. The van der Waals surface area contributed by atoms with E-state index in [9.17, 15) is 4.39 Å². The fourth-order valence-electron chi connectivity index (χ4n) is 1.91. The lowest BCUT2D eigenvalue weighted by Gasteiger charge is -2.10. The molecule has 102 valence electrons. The molecule has 0 heterocycles. The molecular formula is C16H19ClFN. The molecule has 2 rings (SSSR count). The Kier molecular flexibility index (Phi) is 5.84. The van der Waals surface area contributed by atoms with E-state index in [4.69, 9.17) is 0 Å². The van der Waals surface area contributed by atoms with E-state index in [-0.39, 0.29) is 24.1 Å². The molecule has 0 unspecified atom stereocenters. The number of benzene rings is 2. The van der Waals surface area contributed by atoms with Gasteiger partial charge in [-0.15, -0.1) is 12.4 Å². The van der Waals surface area contributed by atoms with Crippen molar-refractivity contribution in [1.29, 1.82) is 0 Å². The molecule has 3 heteroatoms. The van der Waals surface area contributed by atoms with Crippen LogP contribution >= 0.6 is 12.4 Å². The summed E-state index contributed by atoms with van der Waals surface area (Å²) in [4.78, 5) is 0. The molecule has 0 aliphatic carbocycles. The SMILES string of the molecule is CC(C)c1ccc(NCc2ccccc2)cc1F.Cl. The highest BCUT2D eigenvalue weighted by atomic mass is 35.5. The number of anilines is 1. The first kappa shape index (κ1) is 15.5. The van der Waals surface area contributed by atoms with E-state index in [1.165, 1.54) is 5.56 Å². The number of hydrogen-bond acceptors (Lipinski definition) is 1. The summed E-state index contributed by atoms with van der Waals surface area (Å²) in [5, 5.41) is 3.23. The van der Waals surface area contributed by atoms with Crippen LogP contribution in [-0.4, -0.2) is 0 Å². The van der Waals surface area contributed by atoms with E-state index in [1.54, 1.807) is 6.07 Å². The van der Waals surface area contributed by atoms with Gasteiger partial charge in [-0.2, -0.15) is 0 Å². The zero-order chi connectivity index (χ0) is 13.0. The summed E-state index contributed by atoms with van der Waals surface area (Å²) >= 11 is 0. The predicted octanol–water partition coefficient (Wildman–Crippen LogP) is 4.98. The van der Waals surface area contributed by atoms with Gasteiger partial charge in [0.2, 0.25) is 0 Å². The molecule has 2 aromatic rings. The Hall–Kier alpha value is -1.54. The predicted molar refractivity (Wildman–Crippen MR) is 81.5 cm³/mol. The number of halogens is 2. The Balaban J connectivity index is 0.00000180. The van der Waals surface area contributed by atoms with E-state index in [0.29, 0.717) is 6.54 Å². The quantitative estimate of drug-likeness (QED) is 0.832. The lowest BCUT2D eigenvalue weighted by Crippen LogP contribution is -2.01. The van der Waals surface area contributed by atoms with Crippen molar-refractivity contribution in [2.24, 2.45) is 0 Å². The lowest BCUT2D eigenvalue weighted by atomic mass is 10.0. The molecule has 19 heavy (non-hydrogen) atoms. The molecule has 0 aromatic heterocycles. The van der Waals surface area contributed by atoms with Gasteiger partial charge in [-0.3, -0.25) is 0 Å². The van der Waals surface area contributed by atoms with Crippen molar-refractivity contribution < 1.29 is 4.39 Å². The largest absolute Gasteiger partial charge is 0.381 e. The summed E-state index contributed by atoms with van der Waals surface area (Å²) < 4.78 is 13.8. The van der Waals surface area contributed by atoms with Crippen LogP contribution in [0.1, 0.15) is 30.9 Å². The van der Waals surface area contributed by atoms with Gasteiger partial charge in [-0.25, -0.2) is 4.39 Å². The zero-order valence-electron chi connectivity index (χ0n) is 11.2. The van der Waals surface area contributed by atoms with Crippen LogP contribution in [0.5, 0.6) is 0 Å². The maximum atomic E-state index is 13.8. The van der Waals surface area contributed by atoms with Gasteiger partial charge in [0.1, 0.15) is 5.82 Å². The van der Waals surface area contributed by atoms with Crippen molar-refractivity contribution in [3.8, 4) is 0 Å². The molecule has 0 amide bonds. The maximum absolute atomic E-state index is 13.8. The van der Waals surface area contributed by atoms with E-state index >= 15 is 0 Å². The van der Waals surface area contributed by atoms with Crippen molar-refractivity contribution in [2.45, 2.75) is 26.3 Å². The summed E-state index contributed by atoms with van der Waals surface area (Å²) in [5.74, 6) is 0.0798. The van der Waals surface area contributed by atoms with Crippen LogP contribution in [-0.2, 0) is 6.54 Å².